The Kier molecular flexibility index (Phi) is 17.8. The van der Waals surface area contributed by atoms with E-state index in [4.69, 9.17) is 0 Å². The van der Waals surface area contributed by atoms with Crippen LogP contribution in [-0.4, -0.2) is 0 Å². The van der Waals surface area contributed by atoms with E-state index in [1.54, 1.807) is 0 Å². The van der Waals surface area contributed by atoms with Gasteiger partial charge in [0.1, 0.15) is 0 Å². The maximum atomic E-state index is 2.42. The largest absolute Gasteiger partial charge is 0.0625 e. The fourth-order valence-electron chi connectivity index (χ4n) is 6.47. The molecule has 2 fully saturated rings. The van der Waals surface area contributed by atoms with Crippen LogP contribution in [-0.2, 0) is 0 Å². The van der Waals surface area contributed by atoms with E-state index >= 15 is 0 Å². The van der Waals surface area contributed by atoms with Crippen molar-refractivity contribution in [3.05, 3.63) is 70.8 Å². The summed E-state index contributed by atoms with van der Waals surface area (Å²) in [6.07, 6.45) is 11.8. The van der Waals surface area contributed by atoms with Gasteiger partial charge in [-0.1, -0.05) is 155 Å². The Morgan fingerprint density at radius 3 is 1.55 bits per heavy atom. The minimum atomic E-state index is 0. The van der Waals surface area contributed by atoms with Crippen molar-refractivity contribution in [2.45, 2.75) is 146 Å². The third kappa shape index (κ3) is 14.4. The molecule has 230 valence electrons. The molecular weight excluding hydrogens is 480 g/mol. The average Bonchev–Trinajstić information content (AvgIpc) is 2.90. The second-order valence-electron chi connectivity index (χ2n) is 14.5. The zero-order valence-corrected chi connectivity index (χ0v) is 28.9. The van der Waals surface area contributed by atoms with Gasteiger partial charge in [0.25, 0.3) is 0 Å². The summed E-state index contributed by atoms with van der Waals surface area (Å²) in [6.45, 7) is 27.4. The van der Waals surface area contributed by atoms with Gasteiger partial charge in [0, 0.05) is 1.43 Å². The zero-order chi connectivity index (χ0) is 30.2. The van der Waals surface area contributed by atoms with E-state index in [9.17, 15) is 0 Å². The Morgan fingerprint density at radius 1 is 0.600 bits per heavy atom. The number of hydrogen-bond acceptors (Lipinski definition) is 0. The standard InChI is InChI=1S/C10H20.C10H14.C10H20.C10H14.H2/c2*1-8(2)10-6-4-9(3)5-7-10;2*1-8(2)10-7-5-4-6-9(10)3;/h8-10H,4-7H2,1-3H3;4-8H,1-3H3;8-10H,4-7H2,1-3H3;4-8H,1-3H3;1H/i;;;;1+1. The van der Waals surface area contributed by atoms with Gasteiger partial charge in [-0.15, -0.1) is 0 Å². The Bertz CT molecular complexity index is 883. The molecule has 2 aromatic rings. The predicted octanol–water partition coefficient (Wildman–Crippen LogP) is 13.4. The third-order valence-electron chi connectivity index (χ3n) is 9.59. The summed E-state index contributed by atoms with van der Waals surface area (Å²) in [7, 11) is 0. The van der Waals surface area contributed by atoms with Crippen molar-refractivity contribution in [1.82, 2.24) is 0 Å². The molecule has 0 bridgehead atoms. The molecule has 0 N–H and O–H groups in total. The SMILES string of the molecule is CC(C)C1CCCCC1C.CC1CCC(C(C)C)CC1.Cc1ccc(C(C)C)cc1.Cc1ccccc1C(C)C.[2HH]. The lowest BCUT2D eigenvalue weighted by Gasteiger charge is -2.31. The number of benzene rings is 2. The highest BCUT2D eigenvalue weighted by molar-refractivity contribution is 5.28. The first-order valence-corrected chi connectivity index (χ1v) is 16.9. The fourth-order valence-corrected chi connectivity index (χ4v) is 6.47. The van der Waals surface area contributed by atoms with Gasteiger partial charge in [0.15, 0.2) is 0 Å². The highest BCUT2D eigenvalue weighted by atomic mass is 14.3. The summed E-state index contributed by atoms with van der Waals surface area (Å²) in [4.78, 5) is 0. The van der Waals surface area contributed by atoms with E-state index in [-0.39, 0.29) is 1.43 Å². The van der Waals surface area contributed by atoms with Crippen LogP contribution >= 0.6 is 0 Å². The van der Waals surface area contributed by atoms with Crippen molar-refractivity contribution in [2.75, 3.05) is 0 Å². The maximum Gasteiger partial charge on any atom is 0 e. The van der Waals surface area contributed by atoms with Crippen molar-refractivity contribution in [1.29, 1.82) is 0 Å². The molecule has 0 spiro atoms. The van der Waals surface area contributed by atoms with Gasteiger partial charge in [-0.3, -0.25) is 0 Å². The number of rotatable bonds is 4. The summed E-state index contributed by atoms with van der Waals surface area (Å²) in [5.41, 5.74) is 5.62. The monoisotopic (exact) mass is 552 g/mol. The Morgan fingerprint density at radius 2 is 1.15 bits per heavy atom. The molecule has 2 aromatic carbocycles. The minimum Gasteiger partial charge on any atom is -0.0625 e. The topological polar surface area (TPSA) is 0 Å². The summed E-state index contributed by atoms with van der Waals surface area (Å²) in [5.74, 6) is 7.21. The molecule has 2 saturated carbocycles. The highest BCUT2D eigenvalue weighted by Gasteiger charge is 2.23. The fraction of sp³-hybridized carbons (Fsp3) is 0.700. The van der Waals surface area contributed by atoms with Crippen LogP contribution in [0.4, 0.5) is 0 Å². The first kappa shape index (κ1) is 36.5. The van der Waals surface area contributed by atoms with E-state index in [0.29, 0.717) is 11.8 Å². The van der Waals surface area contributed by atoms with Crippen LogP contribution in [0, 0.1) is 49.4 Å². The molecule has 0 heterocycles. The van der Waals surface area contributed by atoms with Crippen molar-refractivity contribution in [3.63, 3.8) is 0 Å². The van der Waals surface area contributed by atoms with E-state index in [0.717, 1.165) is 35.5 Å². The maximum absolute atomic E-state index is 2.42. The Hall–Kier alpha value is -1.56. The molecular formula is C40H70. The van der Waals surface area contributed by atoms with Gasteiger partial charge < -0.3 is 0 Å². The Balaban J connectivity index is 0.000000516. The van der Waals surface area contributed by atoms with Crippen molar-refractivity contribution in [2.24, 2.45) is 35.5 Å². The molecule has 0 radical (unpaired) electrons. The predicted molar refractivity (Wildman–Crippen MR) is 185 cm³/mol. The molecule has 0 aliphatic heterocycles. The van der Waals surface area contributed by atoms with Gasteiger partial charge in [-0.2, -0.15) is 0 Å². The first-order valence-electron chi connectivity index (χ1n) is 16.9. The molecule has 0 heteroatoms. The van der Waals surface area contributed by atoms with E-state index in [1.165, 1.54) is 73.6 Å². The zero-order valence-electron chi connectivity index (χ0n) is 28.9. The normalized spacial score (nSPS) is 22.6. The van der Waals surface area contributed by atoms with Crippen molar-refractivity contribution >= 4 is 0 Å². The molecule has 0 saturated heterocycles. The van der Waals surface area contributed by atoms with Crippen molar-refractivity contribution < 1.29 is 1.43 Å². The summed E-state index contributed by atoms with van der Waals surface area (Å²) >= 11 is 0. The molecule has 2 aliphatic rings. The van der Waals surface area contributed by atoms with Crippen LogP contribution in [0.25, 0.3) is 0 Å². The highest BCUT2D eigenvalue weighted by Crippen LogP contribution is 2.34. The molecule has 0 aromatic heterocycles. The molecule has 4 rings (SSSR count). The van der Waals surface area contributed by atoms with Gasteiger partial charge in [-0.25, -0.2) is 0 Å². The summed E-state index contributed by atoms with van der Waals surface area (Å²) in [6, 6.07) is 17.3. The van der Waals surface area contributed by atoms with Gasteiger partial charge in [0.2, 0.25) is 0 Å². The van der Waals surface area contributed by atoms with E-state index in [2.05, 4.69) is 132 Å². The molecule has 2 aliphatic carbocycles. The van der Waals surface area contributed by atoms with Crippen LogP contribution in [0.1, 0.15) is 156 Å². The van der Waals surface area contributed by atoms with Gasteiger partial charge in [-0.05, 0) is 97.1 Å². The van der Waals surface area contributed by atoms with Gasteiger partial charge in [0.05, 0.1) is 0 Å². The average molecular weight is 552 g/mol. The smallest absolute Gasteiger partial charge is 0 e. The Labute approximate surface area is 253 Å². The minimum absolute atomic E-state index is 0. The van der Waals surface area contributed by atoms with Crippen molar-refractivity contribution in [3.8, 4) is 0 Å². The van der Waals surface area contributed by atoms with Crippen LogP contribution < -0.4 is 0 Å². The van der Waals surface area contributed by atoms with Crippen LogP contribution in [0.15, 0.2) is 48.5 Å². The third-order valence-corrected chi connectivity index (χ3v) is 9.59. The van der Waals surface area contributed by atoms with Crippen LogP contribution in [0.5, 0.6) is 0 Å². The second-order valence-corrected chi connectivity index (χ2v) is 14.5. The number of hydrogen-bond donors (Lipinski definition) is 0. The molecule has 0 nitrogen and oxygen atoms in total. The lowest BCUT2D eigenvalue weighted by Crippen LogP contribution is -2.21. The molecule has 2 unspecified atom stereocenters. The first-order chi connectivity index (χ1) is 18.8. The quantitative estimate of drug-likeness (QED) is 0.354. The van der Waals surface area contributed by atoms with Crippen LogP contribution in [0.2, 0.25) is 0 Å². The molecule has 2 atom stereocenters. The van der Waals surface area contributed by atoms with E-state index in [1.807, 2.05) is 0 Å². The summed E-state index contributed by atoms with van der Waals surface area (Å²) < 4.78 is 0. The van der Waals surface area contributed by atoms with E-state index < -0.39 is 0 Å². The molecule has 40 heavy (non-hydrogen) atoms. The lowest BCUT2D eigenvalue weighted by atomic mass is 9.75. The van der Waals surface area contributed by atoms with Gasteiger partial charge >= 0.3 is 0 Å². The number of aryl methyl sites for hydroxylation is 2. The molecule has 0 amide bonds. The lowest BCUT2D eigenvalue weighted by molar-refractivity contribution is 0.196. The summed E-state index contributed by atoms with van der Waals surface area (Å²) in [5, 5.41) is 0. The van der Waals surface area contributed by atoms with Crippen LogP contribution in [0.3, 0.4) is 0 Å². The second kappa shape index (κ2) is 19.5.